The number of nitrogens with zero attached hydrogens (tertiary/aromatic N) is 3. The Kier molecular flexibility index (Phi) is 6.83. The Hall–Kier alpha value is -1.61. The molecule has 0 unspecified atom stereocenters. The molecule has 0 amide bonds. The molecule has 1 N–H and O–H groups in total. The van der Waals surface area contributed by atoms with E-state index in [1.807, 2.05) is 36.2 Å². The van der Waals surface area contributed by atoms with Gasteiger partial charge in [-0.15, -0.1) is 11.3 Å². The largest absolute Gasteiger partial charge is 0.434 e. The summed E-state index contributed by atoms with van der Waals surface area (Å²) in [4.78, 5) is 9.77. The van der Waals surface area contributed by atoms with Crippen molar-refractivity contribution in [3.63, 3.8) is 0 Å². The molecule has 9 heteroatoms. The average Bonchev–Trinajstić information content (AvgIpc) is 3.03. The maximum absolute atomic E-state index is 12.5. The highest BCUT2D eigenvalue weighted by Gasteiger charge is 2.33. The molecule has 2 aromatic rings. The lowest BCUT2D eigenvalue weighted by molar-refractivity contribution is -0.140. The molecule has 0 saturated carbocycles. The third kappa shape index (κ3) is 6.00. The van der Waals surface area contributed by atoms with Crippen molar-refractivity contribution < 1.29 is 13.2 Å². The SMILES string of the molecule is CN=C(NCCc1nc(C(F)(F)F)cs1)N(C)Cc1ccc(Br)cc1. The normalized spacial score (nSPS) is 12.3. The smallest absolute Gasteiger partial charge is 0.356 e. The zero-order valence-corrected chi connectivity index (χ0v) is 16.2. The van der Waals surface area contributed by atoms with E-state index in [9.17, 15) is 13.2 Å². The lowest BCUT2D eigenvalue weighted by atomic mass is 10.2. The predicted molar refractivity (Wildman–Crippen MR) is 97.8 cm³/mol. The van der Waals surface area contributed by atoms with Gasteiger partial charge in [0.2, 0.25) is 0 Å². The van der Waals surface area contributed by atoms with Crippen LogP contribution in [-0.4, -0.2) is 36.5 Å². The van der Waals surface area contributed by atoms with Crippen LogP contribution in [0.15, 0.2) is 39.1 Å². The first-order chi connectivity index (χ1) is 11.8. The summed E-state index contributed by atoms with van der Waals surface area (Å²) in [5.41, 5.74) is 0.299. The molecule has 0 spiro atoms. The lowest BCUT2D eigenvalue weighted by Gasteiger charge is -2.22. The van der Waals surface area contributed by atoms with E-state index >= 15 is 0 Å². The van der Waals surface area contributed by atoms with Gasteiger partial charge in [0.05, 0.1) is 5.01 Å². The molecular formula is C16H18BrF3N4S. The van der Waals surface area contributed by atoms with Crippen molar-refractivity contribution in [2.45, 2.75) is 19.1 Å². The second-order valence-corrected chi connectivity index (χ2v) is 7.19. The van der Waals surface area contributed by atoms with Gasteiger partial charge in [-0.3, -0.25) is 4.99 Å². The summed E-state index contributed by atoms with van der Waals surface area (Å²) in [5.74, 6) is 0.676. The van der Waals surface area contributed by atoms with Gasteiger partial charge in [0.1, 0.15) is 0 Å². The molecule has 1 aromatic heterocycles. The van der Waals surface area contributed by atoms with E-state index in [0.717, 1.165) is 26.8 Å². The van der Waals surface area contributed by atoms with E-state index in [-0.39, 0.29) is 0 Å². The number of hydrogen-bond acceptors (Lipinski definition) is 3. The van der Waals surface area contributed by atoms with Crippen molar-refractivity contribution in [1.82, 2.24) is 15.2 Å². The number of benzene rings is 1. The Balaban J connectivity index is 1.85. The van der Waals surface area contributed by atoms with Gasteiger partial charge in [-0.1, -0.05) is 28.1 Å². The molecule has 1 heterocycles. The minimum absolute atomic E-state index is 0.409. The summed E-state index contributed by atoms with van der Waals surface area (Å²) in [7, 11) is 3.58. The minimum Gasteiger partial charge on any atom is -0.356 e. The van der Waals surface area contributed by atoms with Gasteiger partial charge in [0.15, 0.2) is 11.7 Å². The van der Waals surface area contributed by atoms with Crippen LogP contribution in [0.1, 0.15) is 16.3 Å². The fourth-order valence-corrected chi connectivity index (χ4v) is 3.23. The summed E-state index contributed by atoms with van der Waals surface area (Å²) in [6.45, 7) is 1.13. The van der Waals surface area contributed by atoms with Crippen molar-refractivity contribution in [2.75, 3.05) is 20.6 Å². The van der Waals surface area contributed by atoms with Crippen LogP contribution in [0.2, 0.25) is 0 Å². The van der Waals surface area contributed by atoms with Gasteiger partial charge in [-0.2, -0.15) is 13.2 Å². The molecule has 0 bridgehead atoms. The van der Waals surface area contributed by atoms with Crippen LogP contribution < -0.4 is 5.32 Å². The Morgan fingerprint density at radius 1 is 1.32 bits per heavy atom. The molecule has 0 radical (unpaired) electrons. The number of aliphatic imine (C=N–C) groups is 1. The van der Waals surface area contributed by atoms with Crippen molar-refractivity contribution in [3.05, 3.63) is 50.4 Å². The van der Waals surface area contributed by atoms with Crippen LogP contribution in [0.3, 0.4) is 0 Å². The van der Waals surface area contributed by atoms with Gasteiger partial charge in [0.25, 0.3) is 0 Å². The Bertz CT molecular complexity index is 713. The predicted octanol–water partition coefficient (Wildman–Crippen LogP) is 4.17. The van der Waals surface area contributed by atoms with Gasteiger partial charge in [0, 0.05) is 43.5 Å². The maximum Gasteiger partial charge on any atom is 0.434 e. The zero-order valence-electron chi connectivity index (χ0n) is 13.8. The first kappa shape index (κ1) is 19.7. The van der Waals surface area contributed by atoms with Crippen molar-refractivity contribution in [2.24, 2.45) is 4.99 Å². The average molecular weight is 435 g/mol. The number of alkyl halides is 3. The van der Waals surface area contributed by atoms with E-state index in [4.69, 9.17) is 0 Å². The van der Waals surface area contributed by atoms with E-state index in [1.165, 1.54) is 0 Å². The highest BCUT2D eigenvalue weighted by molar-refractivity contribution is 9.10. The number of rotatable bonds is 5. The molecule has 25 heavy (non-hydrogen) atoms. The topological polar surface area (TPSA) is 40.5 Å². The number of guanidine groups is 1. The zero-order chi connectivity index (χ0) is 18.4. The molecule has 0 aliphatic rings. The van der Waals surface area contributed by atoms with E-state index < -0.39 is 11.9 Å². The molecule has 0 fully saturated rings. The van der Waals surface area contributed by atoms with Crippen LogP contribution in [0, 0.1) is 0 Å². The Morgan fingerprint density at radius 3 is 2.56 bits per heavy atom. The minimum atomic E-state index is -4.39. The fraction of sp³-hybridized carbons (Fsp3) is 0.375. The van der Waals surface area contributed by atoms with Gasteiger partial charge in [-0.05, 0) is 17.7 Å². The number of nitrogens with one attached hydrogen (secondary N) is 1. The monoisotopic (exact) mass is 434 g/mol. The summed E-state index contributed by atoms with van der Waals surface area (Å²) >= 11 is 4.42. The number of thiazole rings is 1. The highest BCUT2D eigenvalue weighted by atomic mass is 79.9. The Labute approximate surface area is 156 Å². The van der Waals surface area contributed by atoms with Crippen molar-refractivity contribution >= 4 is 33.2 Å². The summed E-state index contributed by atoms with van der Waals surface area (Å²) in [6.07, 6.45) is -3.98. The third-order valence-electron chi connectivity index (χ3n) is 3.37. The number of halogens is 4. The first-order valence-electron chi connectivity index (χ1n) is 7.47. The van der Waals surface area contributed by atoms with E-state index in [0.29, 0.717) is 30.5 Å². The quantitative estimate of drug-likeness (QED) is 0.566. The molecule has 0 aliphatic heterocycles. The molecule has 4 nitrogen and oxygen atoms in total. The van der Waals surface area contributed by atoms with Crippen molar-refractivity contribution in [3.8, 4) is 0 Å². The van der Waals surface area contributed by atoms with Crippen LogP contribution in [0.25, 0.3) is 0 Å². The van der Waals surface area contributed by atoms with E-state index in [2.05, 4.69) is 31.2 Å². The standard InChI is InChI=1S/C16H18BrF3N4S/c1-21-15(24(2)9-11-3-5-12(17)6-4-11)22-8-7-14-23-13(10-25-14)16(18,19)20/h3-6,10H,7-9H2,1-2H3,(H,21,22). The van der Waals surface area contributed by atoms with Crippen LogP contribution in [-0.2, 0) is 19.1 Å². The fourth-order valence-electron chi connectivity index (χ4n) is 2.16. The summed E-state index contributed by atoms with van der Waals surface area (Å²) in [5, 5.41) is 4.64. The van der Waals surface area contributed by atoms with Crippen LogP contribution >= 0.6 is 27.3 Å². The second kappa shape index (κ2) is 8.66. The van der Waals surface area contributed by atoms with E-state index in [1.54, 1.807) is 7.05 Å². The second-order valence-electron chi connectivity index (χ2n) is 5.33. The molecule has 0 saturated heterocycles. The van der Waals surface area contributed by atoms with Crippen molar-refractivity contribution in [1.29, 1.82) is 0 Å². The van der Waals surface area contributed by atoms with Gasteiger partial charge in [-0.25, -0.2) is 4.98 Å². The maximum atomic E-state index is 12.5. The molecule has 0 atom stereocenters. The van der Waals surface area contributed by atoms with Crippen LogP contribution in [0.4, 0.5) is 13.2 Å². The first-order valence-corrected chi connectivity index (χ1v) is 9.14. The van der Waals surface area contributed by atoms with Gasteiger partial charge >= 0.3 is 6.18 Å². The summed E-state index contributed by atoms with van der Waals surface area (Å²) in [6, 6.07) is 7.98. The molecular weight excluding hydrogens is 417 g/mol. The molecule has 2 rings (SSSR count). The Morgan fingerprint density at radius 2 is 2.00 bits per heavy atom. The molecule has 0 aliphatic carbocycles. The molecule has 136 valence electrons. The highest BCUT2D eigenvalue weighted by Crippen LogP contribution is 2.30. The number of aromatic nitrogens is 1. The van der Waals surface area contributed by atoms with Gasteiger partial charge < -0.3 is 10.2 Å². The summed E-state index contributed by atoms with van der Waals surface area (Å²) < 4.78 is 38.6. The lowest BCUT2D eigenvalue weighted by Crippen LogP contribution is -2.39. The van der Waals surface area contributed by atoms with Crippen LogP contribution in [0.5, 0.6) is 0 Å². The molecule has 1 aromatic carbocycles. The number of hydrogen-bond donors (Lipinski definition) is 1. The third-order valence-corrected chi connectivity index (χ3v) is 4.81.